The van der Waals surface area contributed by atoms with E-state index in [2.05, 4.69) is 10.5 Å². The van der Waals surface area contributed by atoms with Crippen molar-refractivity contribution in [3.05, 3.63) is 24.3 Å². The monoisotopic (exact) mass is 218 g/mol. The first-order valence-electron chi connectivity index (χ1n) is 5.61. The van der Waals surface area contributed by atoms with Gasteiger partial charge in [-0.25, -0.2) is 0 Å². The van der Waals surface area contributed by atoms with Crippen LogP contribution >= 0.6 is 0 Å². The van der Waals surface area contributed by atoms with Crippen molar-refractivity contribution in [2.45, 2.75) is 6.42 Å². The highest BCUT2D eigenvalue weighted by Crippen LogP contribution is 2.24. The molecule has 1 aliphatic rings. The Bertz CT molecular complexity index is 475. The Morgan fingerprint density at radius 1 is 1.44 bits per heavy atom. The molecule has 16 heavy (non-hydrogen) atoms. The molecule has 4 nitrogen and oxygen atoms in total. The van der Waals surface area contributed by atoms with Gasteiger partial charge < -0.3 is 14.6 Å². The molecule has 1 atom stereocenters. The van der Waals surface area contributed by atoms with Gasteiger partial charge in [0.15, 0.2) is 5.58 Å². The molecule has 2 heterocycles. The highest BCUT2D eigenvalue weighted by molar-refractivity contribution is 5.81. The lowest BCUT2D eigenvalue weighted by molar-refractivity contribution is 0.239. The molecule has 1 saturated heterocycles. The third kappa shape index (κ3) is 1.76. The smallest absolute Gasteiger partial charge is 0.262 e. The van der Waals surface area contributed by atoms with Crippen LogP contribution in [0.15, 0.2) is 28.8 Å². The number of nitrogens with zero attached hydrogens (tertiary/aromatic N) is 1. The van der Waals surface area contributed by atoms with Crippen LogP contribution in [-0.2, 0) is 0 Å². The first-order chi connectivity index (χ1) is 7.93. The van der Waals surface area contributed by atoms with Gasteiger partial charge in [0.25, 0.3) is 5.88 Å². The number of fused-ring (bicyclic) bond motifs is 1. The number of para-hydroxylation sites is 1. The molecule has 1 unspecified atom stereocenters. The normalized spacial score (nSPS) is 20.4. The van der Waals surface area contributed by atoms with Gasteiger partial charge in [-0.2, -0.15) is 0 Å². The Morgan fingerprint density at radius 3 is 3.25 bits per heavy atom. The maximum Gasteiger partial charge on any atom is 0.262 e. The highest BCUT2D eigenvalue weighted by Gasteiger charge is 2.16. The summed E-state index contributed by atoms with van der Waals surface area (Å²) >= 11 is 0. The second-order valence-corrected chi connectivity index (χ2v) is 4.15. The lowest BCUT2D eigenvalue weighted by Gasteiger charge is -2.07. The van der Waals surface area contributed by atoms with Crippen LogP contribution in [0.25, 0.3) is 11.0 Å². The molecule has 0 bridgehead atoms. The van der Waals surface area contributed by atoms with E-state index in [1.165, 1.54) is 6.42 Å². The van der Waals surface area contributed by atoms with Crippen LogP contribution in [0, 0.1) is 5.92 Å². The number of ether oxygens (including phenoxy) is 1. The summed E-state index contributed by atoms with van der Waals surface area (Å²) in [6, 6.07) is 7.75. The van der Waals surface area contributed by atoms with E-state index < -0.39 is 0 Å². The van der Waals surface area contributed by atoms with Crippen molar-refractivity contribution in [1.29, 1.82) is 0 Å². The quantitative estimate of drug-likeness (QED) is 0.853. The third-order valence-corrected chi connectivity index (χ3v) is 2.96. The van der Waals surface area contributed by atoms with Crippen molar-refractivity contribution < 1.29 is 9.26 Å². The number of rotatable bonds is 3. The topological polar surface area (TPSA) is 47.3 Å². The molecule has 84 valence electrons. The van der Waals surface area contributed by atoms with Gasteiger partial charge in [0.2, 0.25) is 0 Å². The fraction of sp³-hybridized carbons (Fsp3) is 0.417. The molecule has 0 amide bonds. The predicted octanol–water partition coefficient (Wildman–Crippen LogP) is 1.82. The van der Waals surface area contributed by atoms with Gasteiger partial charge in [0, 0.05) is 12.5 Å². The second-order valence-electron chi connectivity index (χ2n) is 4.15. The summed E-state index contributed by atoms with van der Waals surface area (Å²) < 4.78 is 10.9. The average Bonchev–Trinajstić information content (AvgIpc) is 2.96. The van der Waals surface area contributed by atoms with E-state index >= 15 is 0 Å². The predicted molar refractivity (Wildman–Crippen MR) is 60.5 cm³/mol. The lowest BCUT2D eigenvalue weighted by atomic mass is 10.1. The van der Waals surface area contributed by atoms with Crippen LogP contribution in [0.2, 0.25) is 0 Å². The van der Waals surface area contributed by atoms with E-state index in [9.17, 15) is 0 Å². The second kappa shape index (κ2) is 4.14. The van der Waals surface area contributed by atoms with Gasteiger partial charge >= 0.3 is 0 Å². The van der Waals surface area contributed by atoms with Crippen LogP contribution < -0.4 is 10.1 Å². The van der Waals surface area contributed by atoms with Gasteiger partial charge in [0.05, 0.1) is 12.0 Å². The molecule has 0 spiro atoms. The Morgan fingerprint density at radius 2 is 2.38 bits per heavy atom. The summed E-state index contributed by atoms with van der Waals surface area (Å²) in [7, 11) is 0. The molecular weight excluding hydrogens is 204 g/mol. The zero-order chi connectivity index (χ0) is 10.8. The minimum atomic E-state index is 0.593. The number of hydrogen-bond acceptors (Lipinski definition) is 4. The number of benzene rings is 1. The van der Waals surface area contributed by atoms with E-state index in [4.69, 9.17) is 9.26 Å². The minimum Gasteiger partial charge on any atom is -0.475 e. The van der Waals surface area contributed by atoms with E-state index in [0.29, 0.717) is 18.4 Å². The molecule has 1 aromatic carbocycles. The Labute approximate surface area is 93.6 Å². The zero-order valence-electron chi connectivity index (χ0n) is 8.98. The fourth-order valence-corrected chi connectivity index (χ4v) is 2.02. The maximum absolute atomic E-state index is 5.70. The first kappa shape index (κ1) is 9.66. The molecule has 2 aromatic rings. The van der Waals surface area contributed by atoms with Crippen LogP contribution in [0.4, 0.5) is 0 Å². The van der Waals surface area contributed by atoms with Gasteiger partial charge in [-0.1, -0.05) is 12.1 Å². The van der Waals surface area contributed by atoms with Crippen molar-refractivity contribution in [3.63, 3.8) is 0 Å². The van der Waals surface area contributed by atoms with Crippen molar-refractivity contribution in [2.24, 2.45) is 5.92 Å². The zero-order valence-corrected chi connectivity index (χ0v) is 8.98. The molecule has 0 saturated carbocycles. The highest BCUT2D eigenvalue weighted by atomic mass is 16.5. The van der Waals surface area contributed by atoms with Crippen molar-refractivity contribution >= 4 is 11.0 Å². The van der Waals surface area contributed by atoms with Crippen LogP contribution in [0.5, 0.6) is 5.88 Å². The maximum atomic E-state index is 5.70. The van der Waals surface area contributed by atoms with E-state index in [0.717, 1.165) is 24.1 Å². The molecule has 3 rings (SSSR count). The molecule has 0 aliphatic carbocycles. The summed E-state index contributed by atoms with van der Waals surface area (Å²) in [6.45, 7) is 2.84. The largest absolute Gasteiger partial charge is 0.475 e. The summed E-state index contributed by atoms with van der Waals surface area (Å²) in [5, 5.41) is 8.21. The van der Waals surface area contributed by atoms with Crippen LogP contribution in [0.1, 0.15) is 6.42 Å². The molecule has 1 aliphatic heterocycles. The summed E-state index contributed by atoms with van der Waals surface area (Å²) in [5.41, 5.74) is 0.780. The van der Waals surface area contributed by atoms with E-state index in [1.54, 1.807) is 0 Å². The van der Waals surface area contributed by atoms with Crippen molar-refractivity contribution in [2.75, 3.05) is 19.7 Å². The molecule has 1 fully saturated rings. The van der Waals surface area contributed by atoms with Gasteiger partial charge in [-0.3, -0.25) is 0 Å². The number of hydrogen-bond donors (Lipinski definition) is 1. The molecule has 1 aromatic heterocycles. The SMILES string of the molecule is c1ccc2c(OCC3CCNC3)noc2c1. The number of aromatic nitrogens is 1. The lowest BCUT2D eigenvalue weighted by Crippen LogP contribution is -2.15. The Balaban J connectivity index is 1.73. The minimum absolute atomic E-state index is 0.593. The molecule has 4 heteroatoms. The Kier molecular flexibility index (Phi) is 2.50. The van der Waals surface area contributed by atoms with Crippen LogP contribution in [-0.4, -0.2) is 24.9 Å². The fourth-order valence-electron chi connectivity index (χ4n) is 2.02. The third-order valence-electron chi connectivity index (χ3n) is 2.96. The van der Waals surface area contributed by atoms with Gasteiger partial charge in [-0.05, 0) is 30.3 Å². The van der Waals surface area contributed by atoms with E-state index in [-0.39, 0.29) is 0 Å². The van der Waals surface area contributed by atoms with E-state index in [1.807, 2.05) is 24.3 Å². The van der Waals surface area contributed by atoms with Gasteiger partial charge in [-0.15, -0.1) is 0 Å². The number of nitrogens with one attached hydrogen (secondary N) is 1. The standard InChI is InChI=1S/C12H14N2O2/c1-2-4-11-10(3-1)12(14-16-11)15-8-9-5-6-13-7-9/h1-4,9,13H,5-8H2. The summed E-state index contributed by atoms with van der Waals surface area (Å²) in [5.74, 6) is 1.21. The van der Waals surface area contributed by atoms with Crippen molar-refractivity contribution in [3.8, 4) is 5.88 Å². The first-order valence-corrected chi connectivity index (χ1v) is 5.61. The molecule has 1 N–H and O–H groups in total. The molecule has 0 radical (unpaired) electrons. The summed E-state index contributed by atoms with van der Waals surface area (Å²) in [4.78, 5) is 0. The van der Waals surface area contributed by atoms with Crippen LogP contribution in [0.3, 0.4) is 0 Å². The Hall–Kier alpha value is -1.55. The molecular formula is C12H14N2O2. The van der Waals surface area contributed by atoms with Gasteiger partial charge in [0.1, 0.15) is 0 Å². The average molecular weight is 218 g/mol. The van der Waals surface area contributed by atoms with Crippen molar-refractivity contribution in [1.82, 2.24) is 10.5 Å². The summed E-state index contributed by atoms with van der Waals surface area (Å²) in [6.07, 6.45) is 1.18.